The molecular weight excluding hydrogens is 430 g/mol. The maximum Gasteiger partial charge on any atom is 0.357 e. The summed E-state index contributed by atoms with van der Waals surface area (Å²) in [4.78, 5) is 72.1. The lowest BCUT2D eigenvalue weighted by Crippen LogP contribution is -2.44. The Balaban J connectivity index is 5.00. The van der Waals surface area contributed by atoms with Crippen molar-refractivity contribution in [1.82, 2.24) is 5.32 Å². The second-order valence-electron chi connectivity index (χ2n) is 5.18. The first-order chi connectivity index (χ1) is 10.7. The van der Waals surface area contributed by atoms with Crippen LogP contribution in [0.3, 0.4) is 0 Å². The van der Waals surface area contributed by atoms with Gasteiger partial charge in [0.05, 0.1) is 0 Å². The summed E-state index contributed by atoms with van der Waals surface area (Å²) in [5, 5.41) is -4.14. The summed E-state index contributed by atoms with van der Waals surface area (Å²) in [7, 11) is -21.8. The van der Waals surface area contributed by atoms with Crippen molar-refractivity contribution in [3.8, 4) is 0 Å². The van der Waals surface area contributed by atoms with Crippen molar-refractivity contribution >= 4 is 30.4 Å². The first kappa shape index (κ1) is 25.5. The van der Waals surface area contributed by atoms with Crippen LogP contribution in [0, 0.1) is 0 Å². The molecule has 0 rings (SSSR count). The average molecular weight is 451 g/mol. The fourth-order valence-corrected chi connectivity index (χ4v) is 5.92. The molecule has 0 heterocycles. The lowest BCUT2D eigenvalue weighted by molar-refractivity contribution is 0.300. The van der Waals surface area contributed by atoms with E-state index in [0.29, 0.717) is 0 Å². The molecule has 0 amide bonds. The second kappa shape index (κ2) is 7.84. The molecule has 0 aliphatic rings. The molecule has 15 nitrogen and oxygen atoms in total. The molecule has 152 valence electrons. The zero-order valence-electron chi connectivity index (χ0n) is 12.5. The van der Waals surface area contributed by atoms with Gasteiger partial charge in [-0.15, -0.1) is 0 Å². The third-order valence-corrected chi connectivity index (χ3v) is 11.4. The molecular formula is C6H21N3O12P4. The maximum absolute atomic E-state index is 11.2. The monoisotopic (exact) mass is 451 g/mol. The summed E-state index contributed by atoms with van der Waals surface area (Å²) >= 11 is 0. The number of rotatable bonds is 10. The van der Waals surface area contributed by atoms with Gasteiger partial charge in [-0.1, -0.05) is 0 Å². The third-order valence-electron chi connectivity index (χ3n) is 3.36. The van der Waals surface area contributed by atoms with Gasteiger partial charge in [0.1, 0.15) is 0 Å². The van der Waals surface area contributed by atoms with Gasteiger partial charge in [0.2, 0.25) is 10.0 Å². The van der Waals surface area contributed by atoms with E-state index in [0.717, 1.165) is 0 Å². The van der Waals surface area contributed by atoms with E-state index in [1.807, 2.05) is 0 Å². The molecule has 0 aromatic rings. The normalized spacial score (nSPS) is 15.4. The van der Waals surface area contributed by atoms with Crippen molar-refractivity contribution in [2.45, 2.75) is 22.9 Å². The van der Waals surface area contributed by atoms with Gasteiger partial charge in [-0.05, 0) is 13.1 Å². The Morgan fingerprint density at radius 3 is 0.960 bits per heavy atom. The molecule has 19 heteroatoms. The summed E-state index contributed by atoms with van der Waals surface area (Å²) < 4.78 is 44.8. The highest BCUT2D eigenvalue weighted by Gasteiger charge is 2.58. The molecule has 0 spiro atoms. The van der Waals surface area contributed by atoms with Gasteiger partial charge in [0.15, 0.2) is 0 Å². The predicted octanol–water partition coefficient (Wildman–Crippen LogP) is -2.71. The van der Waals surface area contributed by atoms with Gasteiger partial charge in [0.25, 0.3) is 0 Å². The largest absolute Gasteiger partial charge is 0.357 e. The van der Waals surface area contributed by atoms with Crippen LogP contribution in [0.1, 0.15) is 12.8 Å². The Morgan fingerprint density at radius 1 is 0.600 bits per heavy atom. The molecule has 0 aliphatic carbocycles. The lowest BCUT2D eigenvalue weighted by Gasteiger charge is -2.32. The predicted molar refractivity (Wildman–Crippen MR) is 84.1 cm³/mol. The van der Waals surface area contributed by atoms with Crippen LogP contribution < -0.4 is 16.8 Å². The molecule has 0 atom stereocenters. The minimum Gasteiger partial charge on any atom is -0.323 e. The Hall–Kier alpha value is 0.480. The standard InChI is InChI=1S/C6H21N3O12P4/c7-5(22(10,11)12,23(13,14)15)1-3-9-4-2-6(8,24(16,17)18)25(19,20)21/h9H,1-4,7-8H2,(H2,10,11,12)(H2,13,14,15)(H2,16,17,18)(H2,19,20,21). The van der Waals surface area contributed by atoms with E-state index in [1.54, 1.807) is 0 Å². The minimum absolute atomic E-state index is 0.564. The molecule has 0 saturated heterocycles. The van der Waals surface area contributed by atoms with Crippen LogP contribution >= 0.6 is 30.4 Å². The van der Waals surface area contributed by atoms with E-state index in [2.05, 4.69) is 5.32 Å². The highest BCUT2D eigenvalue weighted by atomic mass is 31.2. The van der Waals surface area contributed by atoms with E-state index in [9.17, 15) is 18.3 Å². The molecule has 0 saturated carbocycles. The average Bonchev–Trinajstić information content (AvgIpc) is 2.32. The first-order valence-corrected chi connectivity index (χ1v) is 12.7. The summed E-state index contributed by atoms with van der Waals surface area (Å²) in [5.41, 5.74) is 10.2. The van der Waals surface area contributed by atoms with Crippen molar-refractivity contribution in [3.05, 3.63) is 0 Å². The first-order valence-electron chi connectivity index (χ1n) is 6.22. The number of hydrogen-bond acceptors (Lipinski definition) is 7. The zero-order chi connectivity index (χ0) is 20.5. The molecule has 0 radical (unpaired) electrons. The van der Waals surface area contributed by atoms with Crippen LogP contribution in [0.5, 0.6) is 0 Å². The van der Waals surface area contributed by atoms with E-state index in [-0.39, 0.29) is 0 Å². The van der Waals surface area contributed by atoms with Crippen molar-refractivity contribution in [2.24, 2.45) is 11.5 Å². The van der Waals surface area contributed by atoms with Crippen molar-refractivity contribution in [3.63, 3.8) is 0 Å². The van der Waals surface area contributed by atoms with Crippen LogP contribution in [0.25, 0.3) is 0 Å². The minimum atomic E-state index is -5.44. The molecule has 13 N–H and O–H groups in total. The number of hydrogen-bond donors (Lipinski definition) is 11. The molecule has 0 aliphatic heterocycles. The van der Waals surface area contributed by atoms with Crippen LogP contribution in [0.2, 0.25) is 0 Å². The molecule has 0 bridgehead atoms. The molecule has 0 unspecified atom stereocenters. The quantitative estimate of drug-likeness (QED) is 0.119. The van der Waals surface area contributed by atoms with Crippen LogP contribution in [0.4, 0.5) is 0 Å². The van der Waals surface area contributed by atoms with Crippen molar-refractivity contribution in [2.75, 3.05) is 13.1 Å². The topological polar surface area (TPSA) is 294 Å². The van der Waals surface area contributed by atoms with Gasteiger partial charge in [-0.3, -0.25) is 18.3 Å². The van der Waals surface area contributed by atoms with E-state index < -0.39 is 66.4 Å². The summed E-state index contributed by atoms with van der Waals surface area (Å²) in [5.74, 6) is 0. The number of nitrogens with two attached hydrogens (primary N) is 2. The van der Waals surface area contributed by atoms with Crippen LogP contribution in [-0.4, -0.2) is 62.3 Å². The summed E-state index contributed by atoms with van der Waals surface area (Å²) in [6.45, 7) is -1.13. The van der Waals surface area contributed by atoms with E-state index in [4.69, 9.17) is 50.6 Å². The van der Waals surface area contributed by atoms with Crippen LogP contribution in [-0.2, 0) is 18.3 Å². The highest BCUT2D eigenvalue weighted by Crippen LogP contribution is 2.68. The molecule has 25 heavy (non-hydrogen) atoms. The second-order valence-corrected chi connectivity index (χ2v) is 13.4. The SMILES string of the molecule is NC(CCNCCC(N)(P(=O)(O)O)P(=O)(O)O)(P(=O)(O)O)P(=O)(O)O. The van der Waals surface area contributed by atoms with Gasteiger partial charge in [-0.2, -0.15) is 0 Å². The van der Waals surface area contributed by atoms with Crippen molar-refractivity contribution in [1.29, 1.82) is 0 Å². The zero-order valence-corrected chi connectivity index (χ0v) is 16.1. The highest BCUT2D eigenvalue weighted by molar-refractivity contribution is 7.72. The fraction of sp³-hybridized carbons (Fsp3) is 1.00. The van der Waals surface area contributed by atoms with Crippen LogP contribution in [0.15, 0.2) is 0 Å². The summed E-state index contributed by atoms with van der Waals surface area (Å²) in [6, 6.07) is 0. The summed E-state index contributed by atoms with van der Waals surface area (Å²) in [6.07, 6.45) is -1.91. The maximum atomic E-state index is 11.2. The van der Waals surface area contributed by atoms with Gasteiger partial charge >= 0.3 is 30.4 Å². The van der Waals surface area contributed by atoms with E-state index in [1.165, 1.54) is 0 Å². The van der Waals surface area contributed by atoms with Gasteiger partial charge in [0, 0.05) is 12.8 Å². The van der Waals surface area contributed by atoms with Gasteiger partial charge < -0.3 is 55.9 Å². The fourth-order valence-electron chi connectivity index (χ4n) is 1.59. The number of nitrogens with one attached hydrogen (secondary N) is 1. The Labute approximate surface area is 141 Å². The van der Waals surface area contributed by atoms with Crippen molar-refractivity contribution < 1.29 is 57.4 Å². The Kier molecular flexibility index (Phi) is 7.99. The Bertz CT molecular complexity index is 558. The van der Waals surface area contributed by atoms with Gasteiger partial charge in [-0.25, -0.2) is 0 Å². The van der Waals surface area contributed by atoms with E-state index >= 15 is 0 Å². The molecule has 0 aromatic heterocycles. The Morgan fingerprint density at radius 2 is 0.800 bits per heavy atom. The molecule has 0 fully saturated rings. The third kappa shape index (κ3) is 5.73. The molecule has 0 aromatic carbocycles. The smallest absolute Gasteiger partial charge is 0.323 e. The lowest BCUT2D eigenvalue weighted by atomic mass is 10.3.